The Bertz CT molecular complexity index is 1110. The molecule has 0 aliphatic carbocycles. The summed E-state index contributed by atoms with van der Waals surface area (Å²) in [6.45, 7) is 1.88. The number of nitrogens with one attached hydrogen (secondary N) is 2. The van der Waals surface area contributed by atoms with Crippen molar-refractivity contribution in [2.24, 2.45) is 12.2 Å². The molecule has 3 heterocycles. The van der Waals surface area contributed by atoms with Crippen LogP contribution in [0.15, 0.2) is 22.3 Å². The van der Waals surface area contributed by atoms with Crippen LogP contribution in [-0.2, 0) is 26.6 Å². The molecule has 0 saturated heterocycles. The number of aromatic nitrogens is 3. The molecule has 3 rings (SSSR count). The van der Waals surface area contributed by atoms with E-state index in [4.69, 9.17) is 30.6 Å². The molecule has 31 heavy (non-hydrogen) atoms. The summed E-state index contributed by atoms with van der Waals surface area (Å²) in [5.41, 5.74) is -0.141. The third kappa shape index (κ3) is 4.91. The zero-order valence-electron chi connectivity index (χ0n) is 16.9. The molecule has 0 fully saturated rings. The van der Waals surface area contributed by atoms with Crippen LogP contribution in [0.2, 0.25) is 5.15 Å². The standard InChI is InChI=1S/C16H19ClN6O7S/c1-8-7-29-21-14(30-8)12-13(17)20-23(2)15(12)31(25,26)22-16(24)19-10-5-9(27-3)6-11(18-10)28-4/h5-6,8H,7H2,1-4H3,(H2,18,19,22,24). The average molecular weight is 475 g/mol. The number of urea groups is 1. The first-order valence-corrected chi connectivity index (χ1v) is 10.5. The number of nitrogens with zero attached hydrogens (tertiary/aromatic N) is 4. The van der Waals surface area contributed by atoms with Crippen molar-refractivity contribution in [2.45, 2.75) is 18.1 Å². The molecule has 0 aromatic carbocycles. The quantitative estimate of drug-likeness (QED) is 0.625. The highest BCUT2D eigenvalue weighted by molar-refractivity contribution is 7.90. The van der Waals surface area contributed by atoms with E-state index in [1.54, 1.807) is 6.92 Å². The highest BCUT2D eigenvalue weighted by atomic mass is 35.5. The number of anilines is 1. The summed E-state index contributed by atoms with van der Waals surface area (Å²) in [7, 11) is -0.340. The number of methoxy groups -OCH3 is 2. The Balaban J connectivity index is 1.88. The maximum atomic E-state index is 12.9. The van der Waals surface area contributed by atoms with Gasteiger partial charge < -0.3 is 19.0 Å². The molecule has 15 heteroatoms. The summed E-state index contributed by atoms with van der Waals surface area (Å²) in [5.74, 6) is 0.318. The van der Waals surface area contributed by atoms with Crippen LogP contribution in [0.1, 0.15) is 12.5 Å². The number of carbonyl (C=O) groups is 1. The molecule has 1 unspecified atom stereocenters. The Morgan fingerprint density at radius 3 is 2.71 bits per heavy atom. The first-order chi connectivity index (χ1) is 14.6. The van der Waals surface area contributed by atoms with Gasteiger partial charge in [-0.25, -0.2) is 9.52 Å². The normalized spacial score (nSPS) is 15.9. The minimum Gasteiger partial charge on any atom is -0.496 e. The largest absolute Gasteiger partial charge is 0.496 e. The van der Waals surface area contributed by atoms with Gasteiger partial charge in [-0.15, -0.1) is 0 Å². The summed E-state index contributed by atoms with van der Waals surface area (Å²) in [4.78, 5) is 21.4. The molecule has 1 aliphatic rings. The zero-order valence-corrected chi connectivity index (χ0v) is 18.4. The van der Waals surface area contributed by atoms with Gasteiger partial charge in [0.15, 0.2) is 16.8 Å². The molecular formula is C16H19ClN6O7S. The van der Waals surface area contributed by atoms with Crippen LogP contribution in [-0.4, -0.2) is 62.0 Å². The van der Waals surface area contributed by atoms with E-state index in [1.165, 1.54) is 33.4 Å². The topological polar surface area (TPSA) is 155 Å². The lowest BCUT2D eigenvalue weighted by Gasteiger charge is -2.20. The fourth-order valence-electron chi connectivity index (χ4n) is 2.60. The first-order valence-electron chi connectivity index (χ1n) is 8.68. The van der Waals surface area contributed by atoms with Crippen molar-refractivity contribution in [3.63, 3.8) is 0 Å². The molecule has 2 N–H and O–H groups in total. The minimum absolute atomic E-state index is 0.00521. The zero-order chi connectivity index (χ0) is 22.8. The molecule has 2 amide bonds. The summed E-state index contributed by atoms with van der Waals surface area (Å²) in [6, 6.07) is 1.77. The van der Waals surface area contributed by atoms with Crippen molar-refractivity contribution in [2.75, 3.05) is 26.1 Å². The van der Waals surface area contributed by atoms with E-state index in [2.05, 4.69) is 20.6 Å². The van der Waals surface area contributed by atoms with Gasteiger partial charge in [-0.1, -0.05) is 11.6 Å². The Morgan fingerprint density at radius 2 is 2.06 bits per heavy atom. The van der Waals surface area contributed by atoms with Gasteiger partial charge in [-0.3, -0.25) is 10.00 Å². The third-order valence-electron chi connectivity index (χ3n) is 3.88. The molecule has 2 aromatic heterocycles. The molecule has 0 saturated carbocycles. The lowest BCUT2D eigenvalue weighted by molar-refractivity contribution is 0.0194. The Kier molecular flexibility index (Phi) is 6.40. The van der Waals surface area contributed by atoms with Gasteiger partial charge in [-0.2, -0.15) is 18.5 Å². The highest BCUT2D eigenvalue weighted by Gasteiger charge is 2.34. The highest BCUT2D eigenvalue weighted by Crippen LogP contribution is 2.26. The lowest BCUT2D eigenvalue weighted by atomic mass is 10.3. The number of hydrogen-bond donors (Lipinski definition) is 2. The Labute approximate surface area is 182 Å². The number of oxime groups is 1. The first kappa shape index (κ1) is 22.4. The van der Waals surface area contributed by atoms with Gasteiger partial charge in [0.2, 0.25) is 5.88 Å². The SMILES string of the molecule is COc1cc(NC(=O)NS(=O)(=O)c2c(C3=NOCC(C)O3)c(Cl)nn2C)nc(OC)c1. The van der Waals surface area contributed by atoms with Crippen LogP contribution in [0.5, 0.6) is 11.6 Å². The second-order valence-corrected chi connectivity index (χ2v) is 8.17. The van der Waals surface area contributed by atoms with Gasteiger partial charge in [0.25, 0.3) is 15.9 Å². The van der Waals surface area contributed by atoms with E-state index in [1.807, 2.05) is 4.72 Å². The minimum atomic E-state index is -4.47. The van der Waals surface area contributed by atoms with Gasteiger partial charge >= 0.3 is 6.03 Å². The number of hydrogen-bond acceptors (Lipinski definition) is 10. The van der Waals surface area contributed by atoms with Crippen molar-refractivity contribution in [3.8, 4) is 11.6 Å². The number of ether oxygens (including phenoxy) is 3. The summed E-state index contributed by atoms with van der Waals surface area (Å²) in [5, 5.41) is 9.25. The fraction of sp³-hybridized carbons (Fsp3) is 0.375. The monoisotopic (exact) mass is 474 g/mol. The molecule has 2 aromatic rings. The Morgan fingerprint density at radius 1 is 1.32 bits per heavy atom. The van der Waals surface area contributed by atoms with Gasteiger partial charge in [0.1, 0.15) is 23.2 Å². The van der Waals surface area contributed by atoms with E-state index in [0.717, 1.165) is 4.68 Å². The van der Waals surface area contributed by atoms with Crippen molar-refractivity contribution < 1.29 is 32.3 Å². The number of rotatable bonds is 6. The fourth-order valence-corrected chi connectivity index (χ4v) is 4.17. The van der Waals surface area contributed by atoms with Gasteiger partial charge in [0.05, 0.1) is 14.2 Å². The van der Waals surface area contributed by atoms with Crippen LogP contribution >= 0.6 is 11.6 Å². The molecular weight excluding hydrogens is 456 g/mol. The lowest BCUT2D eigenvalue weighted by Crippen LogP contribution is -2.37. The van der Waals surface area contributed by atoms with E-state index < -0.39 is 27.2 Å². The molecule has 168 valence electrons. The average Bonchev–Trinajstić information content (AvgIpc) is 3.01. The third-order valence-corrected chi connectivity index (χ3v) is 5.57. The summed E-state index contributed by atoms with van der Waals surface area (Å²) < 4.78 is 44.3. The number of carbonyl (C=O) groups excluding carboxylic acids is 1. The van der Waals surface area contributed by atoms with Crippen molar-refractivity contribution >= 4 is 39.4 Å². The number of sulfonamides is 1. The molecule has 0 spiro atoms. The molecule has 1 aliphatic heterocycles. The van der Waals surface area contributed by atoms with Crippen molar-refractivity contribution in [1.29, 1.82) is 0 Å². The number of amides is 2. The van der Waals surface area contributed by atoms with Gasteiger partial charge in [-0.05, 0) is 12.1 Å². The van der Waals surface area contributed by atoms with Crippen molar-refractivity contribution in [3.05, 3.63) is 22.8 Å². The van der Waals surface area contributed by atoms with Gasteiger partial charge in [0, 0.05) is 19.2 Å². The van der Waals surface area contributed by atoms with E-state index in [9.17, 15) is 13.2 Å². The predicted molar refractivity (Wildman–Crippen MR) is 108 cm³/mol. The molecule has 0 radical (unpaired) electrons. The number of halogens is 1. The van der Waals surface area contributed by atoms with Crippen LogP contribution in [0, 0.1) is 0 Å². The second kappa shape index (κ2) is 8.85. The maximum Gasteiger partial charge on any atom is 0.334 e. The summed E-state index contributed by atoms with van der Waals surface area (Å²) >= 11 is 6.09. The van der Waals surface area contributed by atoms with E-state index in [0.29, 0.717) is 5.75 Å². The van der Waals surface area contributed by atoms with E-state index in [-0.39, 0.29) is 34.9 Å². The molecule has 13 nitrogen and oxygen atoms in total. The molecule has 0 bridgehead atoms. The second-order valence-electron chi connectivity index (χ2n) is 6.21. The van der Waals surface area contributed by atoms with Crippen LogP contribution in [0.25, 0.3) is 0 Å². The van der Waals surface area contributed by atoms with E-state index >= 15 is 0 Å². The predicted octanol–water partition coefficient (Wildman–Crippen LogP) is 1.09. The van der Waals surface area contributed by atoms with Crippen LogP contribution < -0.4 is 19.5 Å². The number of aryl methyl sites for hydroxylation is 1. The summed E-state index contributed by atoms with van der Waals surface area (Å²) in [6.07, 6.45) is -0.398. The maximum absolute atomic E-state index is 12.9. The Hall–Kier alpha value is -3.26. The van der Waals surface area contributed by atoms with Crippen LogP contribution in [0.3, 0.4) is 0 Å². The number of pyridine rings is 1. The molecule has 1 atom stereocenters. The van der Waals surface area contributed by atoms with Crippen LogP contribution in [0.4, 0.5) is 10.6 Å². The van der Waals surface area contributed by atoms with Crippen molar-refractivity contribution in [1.82, 2.24) is 19.5 Å². The smallest absolute Gasteiger partial charge is 0.334 e.